The lowest BCUT2D eigenvalue weighted by Crippen LogP contribution is -2.23. The molecule has 0 bridgehead atoms. The summed E-state index contributed by atoms with van der Waals surface area (Å²) in [6.07, 6.45) is 5.71. The van der Waals surface area contributed by atoms with Crippen LogP contribution in [0.3, 0.4) is 0 Å². The third-order valence-corrected chi connectivity index (χ3v) is 6.75. The molecular weight excluding hydrogens is 496 g/mol. The molecule has 0 saturated carbocycles. The molecule has 0 atom stereocenters. The number of ether oxygens (including phenoxy) is 3. The number of fused-ring (bicyclic) bond motifs is 1. The first-order valence-electron chi connectivity index (χ1n) is 12.3. The van der Waals surface area contributed by atoms with Crippen LogP contribution >= 0.6 is 0 Å². The number of methoxy groups -OCH3 is 3. The highest BCUT2D eigenvalue weighted by molar-refractivity contribution is 6.08. The number of carbonyl (C=O) groups is 2. The Kier molecular flexibility index (Phi) is 8.19. The normalized spacial score (nSPS) is 13.2. The number of aryl methyl sites for hydroxylation is 1. The first kappa shape index (κ1) is 27.3. The molecule has 0 fully saturated rings. The molecule has 1 aliphatic rings. The van der Waals surface area contributed by atoms with E-state index in [2.05, 4.69) is 15.6 Å². The van der Waals surface area contributed by atoms with Crippen LogP contribution in [0.2, 0.25) is 0 Å². The number of nitrogens with one attached hydrogen (secondary N) is 2. The predicted molar refractivity (Wildman–Crippen MR) is 152 cm³/mol. The van der Waals surface area contributed by atoms with Crippen LogP contribution in [0.15, 0.2) is 54.4 Å². The van der Waals surface area contributed by atoms with E-state index in [0.717, 1.165) is 44.5 Å². The zero-order chi connectivity index (χ0) is 28.1. The zero-order valence-corrected chi connectivity index (χ0v) is 22.7. The van der Waals surface area contributed by atoms with Crippen LogP contribution in [-0.4, -0.2) is 38.3 Å². The lowest BCUT2D eigenvalue weighted by molar-refractivity contribution is -0.120. The van der Waals surface area contributed by atoms with Crippen molar-refractivity contribution in [3.05, 3.63) is 82.2 Å². The van der Waals surface area contributed by atoms with Crippen molar-refractivity contribution < 1.29 is 23.8 Å². The second kappa shape index (κ2) is 11.7. The first-order chi connectivity index (χ1) is 18.7. The van der Waals surface area contributed by atoms with E-state index in [-0.39, 0.29) is 12.3 Å². The van der Waals surface area contributed by atoms with Gasteiger partial charge in [0, 0.05) is 18.9 Å². The van der Waals surface area contributed by atoms with Crippen LogP contribution in [0.4, 0.5) is 10.5 Å². The van der Waals surface area contributed by atoms with Gasteiger partial charge in [-0.2, -0.15) is 0 Å². The fourth-order valence-corrected chi connectivity index (χ4v) is 4.64. The van der Waals surface area contributed by atoms with E-state index in [1.807, 2.05) is 44.2 Å². The Hall–Kier alpha value is -4.79. The van der Waals surface area contributed by atoms with Crippen molar-refractivity contribution in [2.75, 3.05) is 26.6 Å². The van der Waals surface area contributed by atoms with Crippen molar-refractivity contribution >= 4 is 34.8 Å². The lowest BCUT2D eigenvalue weighted by atomic mass is 10.00. The van der Waals surface area contributed by atoms with E-state index < -0.39 is 6.03 Å². The Balaban J connectivity index is 1.71. The number of amides is 3. The van der Waals surface area contributed by atoms with E-state index in [1.165, 1.54) is 14.2 Å². The highest BCUT2D eigenvalue weighted by Crippen LogP contribution is 2.46. The van der Waals surface area contributed by atoms with Crippen molar-refractivity contribution in [2.45, 2.75) is 26.8 Å². The number of benzene rings is 2. The number of primary amides is 1. The first-order valence-corrected chi connectivity index (χ1v) is 12.3. The fourth-order valence-electron chi connectivity index (χ4n) is 4.64. The molecule has 9 nitrogen and oxygen atoms in total. The van der Waals surface area contributed by atoms with Gasteiger partial charge in [-0.1, -0.05) is 6.07 Å². The predicted octanol–water partition coefficient (Wildman–Crippen LogP) is 4.94. The summed E-state index contributed by atoms with van der Waals surface area (Å²) < 4.78 is 16.5. The Labute approximate surface area is 227 Å². The second-order valence-electron chi connectivity index (χ2n) is 9.12. The average molecular weight is 529 g/mol. The third-order valence-electron chi connectivity index (χ3n) is 6.75. The van der Waals surface area contributed by atoms with Crippen LogP contribution in [-0.2, 0) is 11.3 Å². The van der Waals surface area contributed by atoms with Gasteiger partial charge in [0.25, 0.3) is 0 Å². The Bertz CT molecular complexity index is 1470. The van der Waals surface area contributed by atoms with Gasteiger partial charge in [-0.15, -0.1) is 0 Å². The number of urea groups is 1. The molecular formula is C30H32N4O5. The number of carbonyl (C=O) groups excluding carboxylic acids is 2. The number of rotatable bonds is 9. The largest absolute Gasteiger partial charge is 0.497 e. The molecule has 2 aromatic carbocycles. The molecule has 1 heterocycles. The van der Waals surface area contributed by atoms with Gasteiger partial charge in [-0.05, 0) is 94.8 Å². The maximum absolute atomic E-state index is 13.1. The Morgan fingerprint density at radius 2 is 1.69 bits per heavy atom. The molecule has 0 spiro atoms. The molecule has 3 amide bonds. The summed E-state index contributed by atoms with van der Waals surface area (Å²) in [6.45, 7) is 4.40. The molecule has 0 unspecified atom stereocenters. The Morgan fingerprint density at radius 1 is 0.974 bits per heavy atom. The van der Waals surface area contributed by atoms with Gasteiger partial charge >= 0.3 is 6.03 Å². The quantitative estimate of drug-likeness (QED) is 0.361. The molecule has 4 rings (SSSR count). The van der Waals surface area contributed by atoms with Crippen LogP contribution < -0.4 is 30.6 Å². The number of hydrogen-bond donors (Lipinski definition) is 3. The number of allylic oxidation sites excluding steroid dienone is 2. The lowest BCUT2D eigenvalue weighted by Gasteiger charge is -2.15. The van der Waals surface area contributed by atoms with Crippen LogP contribution in [0.1, 0.15) is 41.2 Å². The SMILES string of the molecule is COc1ccc2c(c1)C(CC(=O)NCc1cnccc1C)=C(C)/C2=C/c1cc(OC)c(NC(N)=O)c(OC)c1. The van der Waals surface area contributed by atoms with Gasteiger partial charge in [0.05, 0.1) is 27.8 Å². The highest BCUT2D eigenvalue weighted by atomic mass is 16.5. The topological polar surface area (TPSA) is 125 Å². The maximum atomic E-state index is 13.1. The molecule has 0 radical (unpaired) electrons. The molecule has 39 heavy (non-hydrogen) atoms. The zero-order valence-electron chi connectivity index (χ0n) is 22.7. The summed E-state index contributed by atoms with van der Waals surface area (Å²) in [5.74, 6) is 1.42. The Morgan fingerprint density at radius 3 is 2.31 bits per heavy atom. The molecule has 4 N–H and O–H groups in total. The average Bonchev–Trinajstić information content (AvgIpc) is 3.17. The van der Waals surface area contributed by atoms with Crippen molar-refractivity contribution in [3.63, 3.8) is 0 Å². The summed E-state index contributed by atoms with van der Waals surface area (Å²) in [4.78, 5) is 28.7. The number of aromatic nitrogens is 1. The van der Waals surface area contributed by atoms with Crippen molar-refractivity contribution in [1.29, 1.82) is 0 Å². The third kappa shape index (κ3) is 5.87. The minimum Gasteiger partial charge on any atom is -0.497 e. The van der Waals surface area contributed by atoms with Crippen molar-refractivity contribution in [3.8, 4) is 17.2 Å². The van der Waals surface area contributed by atoms with Crippen LogP contribution in [0.5, 0.6) is 17.2 Å². The standard InChI is InChI=1S/C30H32N4O5/c1-17-8-9-32-15-20(17)16-33-28(35)14-24-18(2)23(22-7-6-21(37-3)13-25(22)24)10-19-11-26(38-4)29(34-30(31)36)27(12-19)39-5/h6-13,15H,14,16H2,1-5H3,(H,33,35)(H3,31,34,36)/b23-10-. The number of nitrogens with two attached hydrogens (primary N) is 1. The molecule has 3 aromatic rings. The summed E-state index contributed by atoms with van der Waals surface area (Å²) >= 11 is 0. The molecule has 1 aromatic heterocycles. The van der Waals surface area contributed by atoms with Gasteiger partial charge < -0.3 is 30.6 Å². The summed E-state index contributed by atoms with van der Waals surface area (Å²) in [6, 6.07) is 10.6. The molecule has 9 heteroatoms. The van der Waals surface area contributed by atoms with E-state index in [9.17, 15) is 9.59 Å². The van der Waals surface area contributed by atoms with E-state index in [0.29, 0.717) is 29.5 Å². The maximum Gasteiger partial charge on any atom is 0.316 e. The second-order valence-corrected chi connectivity index (χ2v) is 9.12. The highest BCUT2D eigenvalue weighted by Gasteiger charge is 2.26. The fraction of sp³-hybridized carbons (Fsp3) is 0.233. The molecule has 1 aliphatic carbocycles. The molecule has 0 aliphatic heterocycles. The monoisotopic (exact) mass is 528 g/mol. The minimum absolute atomic E-state index is 0.0900. The summed E-state index contributed by atoms with van der Waals surface area (Å²) in [5.41, 5.74) is 13.3. The number of hydrogen-bond acceptors (Lipinski definition) is 6. The van der Waals surface area contributed by atoms with E-state index in [1.54, 1.807) is 31.6 Å². The van der Waals surface area contributed by atoms with Crippen molar-refractivity contribution in [2.24, 2.45) is 5.73 Å². The number of pyridine rings is 1. The summed E-state index contributed by atoms with van der Waals surface area (Å²) in [5, 5.41) is 5.58. The smallest absolute Gasteiger partial charge is 0.316 e. The van der Waals surface area contributed by atoms with Gasteiger partial charge in [0.2, 0.25) is 5.91 Å². The van der Waals surface area contributed by atoms with Gasteiger partial charge in [0.15, 0.2) is 0 Å². The molecule has 202 valence electrons. The van der Waals surface area contributed by atoms with Crippen LogP contribution in [0, 0.1) is 6.92 Å². The molecule has 0 saturated heterocycles. The van der Waals surface area contributed by atoms with Gasteiger partial charge in [-0.3, -0.25) is 9.78 Å². The van der Waals surface area contributed by atoms with Gasteiger partial charge in [-0.25, -0.2) is 4.79 Å². The van der Waals surface area contributed by atoms with E-state index in [4.69, 9.17) is 19.9 Å². The number of anilines is 1. The van der Waals surface area contributed by atoms with Gasteiger partial charge in [0.1, 0.15) is 22.9 Å². The minimum atomic E-state index is -0.725. The van der Waals surface area contributed by atoms with E-state index >= 15 is 0 Å². The number of nitrogens with zero attached hydrogens (tertiary/aromatic N) is 1. The van der Waals surface area contributed by atoms with Crippen LogP contribution in [0.25, 0.3) is 17.2 Å². The summed E-state index contributed by atoms with van der Waals surface area (Å²) in [7, 11) is 4.63. The van der Waals surface area contributed by atoms with Crippen molar-refractivity contribution in [1.82, 2.24) is 10.3 Å².